The molecule has 0 amide bonds. The second-order valence-corrected chi connectivity index (χ2v) is 6.67. The molecule has 0 bridgehead atoms. The molecule has 2 aliphatic rings. The summed E-state index contributed by atoms with van der Waals surface area (Å²) in [6.07, 6.45) is 1.11. The minimum atomic E-state index is -1.04. The summed E-state index contributed by atoms with van der Waals surface area (Å²) in [5.74, 6) is 0.230. The summed E-state index contributed by atoms with van der Waals surface area (Å²) < 4.78 is 12.2. The van der Waals surface area contributed by atoms with Crippen LogP contribution < -0.4 is 0 Å². The van der Waals surface area contributed by atoms with Crippen LogP contribution >= 0.6 is 0 Å². The van der Waals surface area contributed by atoms with Crippen molar-refractivity contribution in [2.24, 2.45) is 0 Å². The van der Waals surface area contributed by atoms with Crippen LogP contribution in [0.5, 0.6) is 0 Å². The molecule has 1 unspecified atom stereocenters. The number of carbonyl (C=O) groups is 2. The third-order valence-electron chi connectivity index (χ3n) is 5.01. The van der Waals surface area contributed by atoms with E-state index in [1.165, 1.54) is 6.92 Å². The second-order valence-electron chi connectivity index (χ2n) is 6.67. The first-order valence-electron chi connectivity index (χ1n) is 8.86. The van der Waals surface area contributed by atoms with Gasteiger partial charge in [-0.05, 0) is 6.42 Å². The van der Waals surface area contributed by atoms with Crippen LogP contribution in [0.3, 0.4) is 0 Å². The van der Waals surface area contributed by atoms with Gasteiger partial charge < -0.3 is 9.47 Å². The van der Waals surface area contributed by atoms with Crippen LogP contribution in [0, 0.1) is 0 Å². The highest BCUT2D eigenvalue weighted by atomic mass is 16.6. The zero-order valence-electron chi connectivity index (χ0n) is 14.6. The standard InChI is InChI=1S/C22H20O4/c1-15(23)25-21-20-18(24)13-8-14-19(20)26-22(21,16-9-4-2-5-10-16)17-11-6-3-7-12-17/h2-7,9-12,21H,8,13-14H2,1H3. The number of benzene rings is 2. The van der Waals surface area contributed by atoms with Crippen LogP contribution in [0.4, 0.5) is 0 Å². The summed E-state index contributed by atoms with van der Waals surface area (Å²) in [4.78, 5) is 24.6. The molecule has 0 fully saturated rings. The average molecular weight is 348 g/mol. The van der Waals surface area contributed by atoms with Crippen molar-refractivity contribution in [3.05, 3.63) is 83.1 Å². The topological polar surface area (TPSA) is 52.6 Å². The van der Waals surface area contributed by atoms with E-state index in [1.807, 2.05) is 60.7 Å². The molecule has 0 radical (unpaired) electrons. The quantitative estimate of drug-likeness (QED) is 0.790. The third-order valence-corrected chi connectivity index (χ3v) is 5.01. The van der Waals surface area contributed by atoms with Crippen molar-refractivity contribution in [2.45, 2.75) is 37.9 Å². The Morgan fingerprint density at radius 1 is 1.00 bits per heavy atom. The molecule has 132 valence electrons. The van der Waals surface area contributed by atoms with Crippen molar-refractivity contribution in [2.75, 3.05) is 0 Å². The van der Waals surface area contributed by atoms with E-state index in [4.69, 9.17) is 9.47 Å². The first-order valence-corrected chi connectivity index (χ1v) is 8.86. The largest absolute Gasteiger partial charge is 0.477 e. The van der Waals surface area contributed by atoms with E-state index >= 15 is 0 Å². The molecule has 1 heterocycles. The van der Waals surface area contributed by atoms with Crippen molar-refractivity contribution < 1.29 is 19.1 Å². The summed E-state index contributed by atoms with van der Waals surface area (Å²) in [6.45, 7) is 1.37. The number of ether oxygens (including phenoxy) is 2. The van der Waals surface area contributed by atoms with Crippen LogP contribution in [0.15, 0.2) is 72.0 Å². The summed E-state index contributed by atoms with van der Waals surface area (Å²) in [5.41, 5.74) is 1.19. The van der Waals surface area contributed by atoms with Gasteiger partial charge in [-0.2, -0.15) is 0 Å². The molecule has 1 aliphatic heterocycles. The number of Topliss-reactive ketones (excluding diaryl/α,β-unsaturated/α-hetero) is 1. The Morgan fingerprint density at radius 2 is 1.58 bits per heavy atom. The van der Waals surface area contributed by atoms with Crippen LogP contribution in [-0.4, -0.2) is 17.9 Å². The highest BCUT2D eigenvalue weighted by Gasteiger charge is 2.56. The van der Waals surface area contributed by atoms with Gasteiger partial charge in [0.25, 0.3) is 0 Å². The molecule has 2 aromatic carbocycles. The van der Waals surface area contributed by atoms with Crippen LogP contribution in [0.2, 0.25) is 0 Å². The molecule has 0 saturated carbocycles. The first-order chi connectivity index (χ1) is 12.6. The minimum Gasteiger partial charge on any atom is -0.477 e. The Labute approximate surface area is 152 Å². The molecule has 4 rings (SSSR count). The maximum Gasteiger partial charge on any atom is 0.303 e. The molecule has 26 heavy (non-hydrogen) atoms. The molecular formula is C22H20O4. The van der Waals surface area contributed by atoms with Gasteiger partial charge in [0, 0.05) is 30.9 Å². The zero-order chi connectivity index (χ0) is 18.1. The number of carbonyl (C=O) groups excluding carboxylic acids is 2. The number of hydrogen-bond acceptors (Lipinski definition) is 4. The van der Waals surface area contributed by atoms with Gasteiger partial charge in [-0.3, -0.25) is 9.59 Å². The predicted octanol–water partition coefficient (Wildman–Crippen LogP) is 3.90. The second kappa shape index (κ2) is 6.45. The fraction of sp³-hybridized carbons (Fsp3) is 0.273. The third kappa shape index (κ3) is 2.53. The Morgan fingerprint density at radius 3 is 2.12 bits per heavy atom. The summed E-state index contributed by atoms with van der Waals surface area (Å²) in [7, 11) is 0. The highest BCUT2D eigenvalue weighted by molar-refractivity contribution is 5.99. The monoisotopic (exact) mass is 348 g/mol. The lowest BCUT2D eigenvalue weighted by Gasteiger charge is -2.36. The van der Waals surface area contributed by atoms with Gasteiger partial charge in [0.1, 0.15) is 5.76 Å². The van der Waals surface area contributed by atoms with Gasteiger partial charge in [0.2, 0.25) is 0 Å². The van der Waals surface area contributed by atoms with Gasteiger partial charge in [-0.15, -0.1) is 0 Å². The van der Waals surface area contributed by atoms with E-state index in [-0.39, 0.29) is 5.78 Å². The molecule has 0 aromatic heterocycles. The van der Waals surface area contributed by atoms with E-state index in [2.05, 4.69) is 0 Å². The molecular weight excluding hydrogens is 328 g/mol. The summed E-state index contributed by atoms with van der Waals surface area (Å²) >= 11 is 0. The van der Waals surface area contributed by atoms with Crippen molar-refractivity contribution in [1.82, 2.24) is 0 Å². The lowest BCUT2D eigenvalue weighted by molar-refractivity contribution is -0.153. The maximum atomic E-state index is 12.7. The Hall–Kier alpha value is -2.88. The summed E-state index contributed by atoms with van der Waals surface area (Å²) in [5, 5.41) is 0. The van der Waals surface area contributed by atoms with Gasteiger partial charge in [-0.25, -0.2) is 0 Å². The van der Waals surface area contributed by atoms with Crippen molar-refractivity contribution in [3.63, 3.8) is 0 Å². The van der Waals surface area contributed by atoms with Crippen molar-refractivity contribution >= 4 is 11.8 Å². The fourth-order valence-electron chi connectivity index (χ4n) is 3.95. The molecule has 0 spiro atoms. The normalized spacial score (nSPS) is 21.1. The Kier molecular flexibility index (Phi) is 4.11. The molecule has 4 nitrogen and oxygen atoms in total. The van der Waals surface area contributed by atoms with Crippen molar-refractivity contribution in [3.8, 4) is 0 Å². The van der Waals surface area contributed by atoms with Gasteiger partial charge in [0.05, 0.1) is 5.57 Å². The van der Waals surface area contributed by atoms with Crippen molar-refractivity contribution in [1.29, 1.82) is 0 Å². The zero-order valence-corrected chi connectivity index (χ0v) is 14.6. The van der Waals surface area contributed by atoms with Crippen LogP contribution in [0.1, 0.15) is 37.3 Å². The smallest absolute Gasteiger partial charge is 0.303 e. The first kappa shape index (κ1) is 16.6. The van der Waals surface area contributed by atoms with Gasteiger partial charge >= 0.3 is 5.97 Å². The van der Waals surface area contributed by atoms with Crippen LogP contribution in [-0.2, 0) is 24.7 Å². The Balaban J connectivity index is 1.96. The highest BCUT2D eigenvalue weighted by Crippen LogP contribution is 2.51. The SMILES string of the molecule is CC(=O)OC1C2=C(CCCC2=O)OC1(c1ccccc1)c1ccccc1. The lowest BCUT2D eigenvalue weighted by atomic mass is 9.78. The molecule has 1 aliphatic carbocycles. The fourth-order valence-corrected chi connectivity index (χ4v) is 3.95. The molecule has 4 heteroatoms. The predicted molar refractivity (Wildman–Crippen MR) is 96.2 cm³/mol. The lowest BCUT2D eigenvalue weighted by Crippen LogP contribution is -2.43. The molecule has 2 aromatic rings. The summed E-state index contributed by atoms with van der Waals surface area (Å²) in [6, 6.07) is 19.4. The minimum absolute atomic E-state index is 0.00578. The van der Waals surface area contributed by atoms with E-state index in [1.54, 1.807) is 0 Å². The van der Waals surface area contributed by atoms with Crippen LogP contribution in [0.25, 0.3) is 0 Å². The van der Waals surface area contributed by atoms with Gasteiger partial charge in [-0.1, -0.05) is 60.7 Å². The Bertz CT molecular complexity index is 828. The van der Waals surface area contributed by atoms with E-state index in [0.717, 1.165) is 17.5 Å². The van der Waals surface area contributed by atoms with E-state index in [9.17, 15) is 9.59 Å². The average Bonchev–Trinajstić information content (AvgIpc) is 2.99. The van der Waals surface area contributed by atoms with E-state index in [0.29, 0.717) is 24.2 Å². The number of allylic oxidation sites excluding steroid dienone is 1. The van der Waals surface area contributed by atoms with E-state index < -0.39 is 17.7 Å². The number of esters is 1. The number of hydrogen-bond donors (Lipinski definition) is 0. The van der Waals surface area contributed by atoms with Gasteiger partial charge in [0.15, 0.2) is 17.5 Å². The molecule has 0 saturated heterocycles. The maximum absolute atomic E-state index is 12.7. The molecule has 1 atom stereocenters. The number of ketones is 1. The molecule has 0 N–H and O–H groups in total. The number of rotatable bonds is 3.